The van der Waals surface area contributed by atoms with E-state index in [1.807, 2.05) is 26.8 Å². The van der Waals surface area contributed by atoms with Gasteiger partial charge in [0.1, 0.15) is 6.04 Å². The summed E-state index contributed by atoms with van der Waals surface area (Å²) < 4.78 is 0. The zero-order chi connectivity index (χ0) is 16.9. The van der Waals surface area contributed by atoms with Crippen molar-refractivity contribution in [2.45, 2.75) is 45.1 Å². The molecule has 0 aliphatic carbocycles. The average Bonchev–Trinajstić information content (AvgIpc) is 2.71. The third-order valence-corrected chi connectivity index (χ3v) is 4.28. The lowest BCUT2D eigenvalue weighted by atomic mass is 9.82. The maximum atomic E-state index is 12.8. The van der Waals surface area contributed by atoms with Crippen LogP contribution in [0.4, 0.5) is 0 Å². The van der Waals surface area contributed by atoms with E-state index < -0.39 is 23.8 Å². The maximum Gasteiger partial charge on any atom is 0.262 e. The van der Waals surface area contributed by atoms with Crippen molar-refractivity contribution in [3.8, 4) is 0 Å². The first-order valence-electron chi connectivity index (χ1n) is 7.57. The van der Waals surface area contributed by atoms with Crippen LogP contribution in [0.5, 0.6) is 0 Å². The topological polar surface area (TPSA) is 83.6 Å². The molecular weight excluding hydrogens is 296 g/mol. The molecule has 1 N–H and O–H groups in total. The first-order valence-corrected chi connectivity index (χ1v) is 7.57. The Balaban J connectivity index is 2.05. The molecule has 0 bridgehead atoms. The number of carbonyl (C=O) groups excluding carboxylic acids is 4. The Kier molecular flexibility index (Phi) is 3.35. The molecule has 0 aromatic heterocycles. The lowest BCUT2D eigenvalue weighted by molar-refractivity contribution is -0.136. The fourth-order valence-electron chi connectivity index (χ4n) is 3.14. The summed E-state index contributed by atoms with van der Waals surface area (Å²) in [5, 5.41) is 2.20. The number of rotatable bonds is 1. The van der Waals surface area contributed by atoms with E-state index in [1.54, 1.807) is 12.1 Å². The highest BCUT2D eigenvalue weighted by Crippen LogP contribution is 2.35. The van der Waals surface area contributed by atoms with Gasteiger partial charge < -0.3 is 0 Å². The molecule has 2 aliphatic rings. The first kappa shape index (κ1) is 15.4. The van der Waals surface area contributed by atoms with Gasteiger partial charge in [0.2, 0.25) is 11.8 Å². The van der Waals surface area contributed by atoms with Crippen molar-refractivity contribution in [3.63, 3.8) is 0 Å². The molecule has 6 heteroatoms. The van der Waals surface area contributed by atoms with Gasteiger partial charge in [0.25, 0.3) is 11.8 Å². The molecule has 6 nitrogen and oxygen atoms in total. The van der Waals surface area contributed by atoms with Crippen molar-refractivity contribution in [1.29, 1.82) is 0 Å². The summed E-state index contributed by atoms with van der Waals surface area (Å²) in [4.78, 5) is 49.8. The molecule has 2 heterocycles. The van der Waals surface area contributed by atoms with E-state index in [9.17, 15) is 19.2 Å². The van der Waals surface area contributed by atoms with E-state index in [1.165, 1.54) is 0 Å². The van der Waals surface area contributed by atoms with Gasteiger partial charge in [0.15, 0.2) is 0 Å². The number of hydrogen-bond donors (Lipinski definition) is 1. The highest BCUT2D eigenvalue weighted by molar-refractivity contribution is 6.24. The molecule has 0 saturated carbocycles. The Morgan fingerprint density at radius 3 is 2.39 bits per heavy atom. The van der Waals surface area contributed by atoms with Crippen LogP contribution in [0.2, 0.25) is 0 Å². The van der Waals surface area contributed by atoms with Crippen LogP contribution < -0.4 is 5.32 Å². The second kappa shape index (κ2) is 5.01. The predicted molar refractivity (Wildman–Crippen MR) is 81.8 cm³/mol. The standard InChI is InChI=1S/C17H18N2O4/c1-17(2,3)10-6-4-5-9-13(10)16(23)19(15(9)22)11-7-8-12(20)18-14(11)21/h4-6,11H,7-8H2,1-3H3,(H,18,20,21)/t11-/m1/s1. The Hall–Kier alpha value is -2.50. The number of piperidine rings is 1. The van der Waals surface area contributed by atoms with Gasteiger partial charge in [-0.25, -0.2) is 0 Å². The van der Waals surface area contributed by atoms with Crippen molar-refractivity contribution < 1.29 is 19.2 Å². The fourth-order valence-corrected chi connectivity index (χ4v) is 3.14. The van der Waals surface area contributed by atoms with E-state index in [0.29, 0.717) is 11.1 Å². The summed E-state index contributed by atoms with van der Waals surface area (Å²) in [6.45, 7) is 5.90. The summed E-state index contributed by atoms with van der Waals surface area (Å²) in [6, 6.07) is 4.26. The van der Waals surface area contributed by atoms with Crippen molar-refractivity contribution >= 4 is 23.6 Å². The predicted octanol–water partition coefficient (Wildman–Crippen LogP) is 1.39. The van der Waals surface area contributed by atoms with Gasteiger partial charge in [-0.1, -0.05) is 32.9 Å². The SMILES string of the molecule is CC(C)(C)c1cccc2c1C(=O)N([C@@H]1CCC(=O)NC1=O)C2=O. The van der Waals surface area contributed by atoms with Gasteiger partial charge in [-0.15, -0.1) is 0 Å². The van der Waals surface area contributed by atoms with Crippen LogP contribution in [0.25, 0.3) is 0 Å². The summed E-state index contributed by atoms with van der Waals surface area (Å²) >= 11 is 0. The van der Waals surface area contributed by atoms with Crippen LogP contribution in [0, 0.1) is 0 Å². The quantitative estimate of drug-likeness (QED) is 0.794. The minimum atomic E-state index is -0.923. The number of imide groups is 2. The van der Waals surface area contributed by atoms with Gasteiger partial charge in [0, 0.05) is 6.42 Å². The second-order valence-electron chi connectivity index (χ2n) is 6.93. The molecular formula is C17H18N2O4. The molecule has 2 aliphatic heterocycles. The van der Waals surface area contributed by atoms with Crippen LogP contribution >= 0.6 is 0 Å². The normalized spacial score (nSPS) is 21.5. The van der Waals surface area contributed by atoms with Gasteiger partial charge in [-0.2, -0.15) is 0 Å². The smallest absolute Gasteiger partial charge is 0.262 e. The molecule has 0 spiro atoms. The van der Waals surface area contributed by atoms with Crippen molar-refractivity contribution in [2.24, 2.45) is 0 Å². The van der Waals surface area contributed by atoms with Crippen LogP contribution in [0.15, 0.2) is 18.2 Å². The maximum absolute atomic E-state index is 12.8. The van der Waals surface area contributed by atoms with Gasteiger partial charge >= 0.3 is 0 Å². The Labute approximate surface area is 133 Å². The monoisotopic (exact) mass is 314 g/mol. The minimum Gasteiger partial charge on any atom is -0.295 e. The third kappa shape index (κ3) is 2.34. The number of fused-ring (bicyclic) bond motifs is 1. The molecule has 3 rings (SSSR count). The molecule has 0 radical (unpaired) electrons. The van der Waals surface area contributed by atoms with Crippen LogP contribution in [-0.2, 0) is 15.0 Å². The summed E-state index contributed by atoms with van der Waals surface area (Å²) in [7, 11) is 0. The van der Waals surface area contributed by atoms with Crippen molar-refractivity contribution in [3.05, 3.63) is 34.9 Å². The van der Waals surface area contributed by atoms with E-state index >= 15 is 0 Å². The van der Waals surface area contributed by atoms with Crippen molar-refractivity contribution in [1.82, 2.24) is 10.2 Å². The summed E-state index contributed by atoms with van der Waals surface area (Å²) in [6.07, 6.45) is 0.289. The van der Waals surface area contributed by atoms with E-state index in [0.717, 1.165) is 10.5 Å². The Morgan fingerprint density at radius 1 is 1.09 bits per heavy atom. The molecule has 1 atom stereocenters. The van der Waals surface area contributed by atoms with Crippen LogP contribution in [0.1, 0.15) is 59.9 Å². The number of carbonyl (C=O) groups is 4. The van der Waals surface area contributed by atoms with E-state index in [4.69, 9.17) is 0 Å². The van der Waals surface area contributed by atoms with E-state index in [-0.39, 0.29) is 24.2 Å². The number of benzene rings is 1. The zero-order valence-corrected chi connectivity index (χ0v) is 13.3. The van der Waals surface area contributed by atoms with E-state index in [2.05, 4.69) is 5.32 Å². The molecule has 1 aromatic rings. The Morgan fingerprint density at radius 2 is 1.78 bits per heavy atom. The number of hydrogen-bond acceptors (Lipinski definition) is 4. The second-order valence-corrected chi connectivity index (χ2v) is 6.93. The minimum absolute atomic E-state index is 0.121. The molecule has 0 unspecified atom stereocenters. The molecule has 1 aromatic carbocycles. The summed E-state index contributed by atoms with van der Waals surface area (Å²) in [5.41, 5.74) is 1.17. The van der Waals surface area contributed by atoms with Gasteiger partial charge in [-0.3, -0.25) is 29.4 Å². The number of nitrogens with zero attached hydrogens (tertiary/aromatic N) is 1. The highest BCUT2D eigenvalue weighted by atomic mass is 16.2. The average molecular weight is 314 g/mol. The highest BCUT2D eigenvalue weighted by Gasteiger charge is 2.46. The molecule has 23 heavy (non-hydrogen) atoms. The molecule has 1 saturated heterocycles. The lowest BCUT2D eigenvalue weighted by Gasteiger charge is -2.28. The largest absolute Gasteiger partial charge is 0.295 e. The third-order valence-electron chi connectivity index (χ3n) is 4.28. The van der Waals surface area contributed by atoms with Crippen molar-refractivity contribution in [2.75, 3.05) is 0 Å². The molecule has 4 amide bonds. The molecule has 120 valence electrons. The fraction of sp³-hybridized carbons (Fsp3) is 0.412. The number of nitrogens with one attached hydrogen (secondary N) is 1. The van der Waals surface area contributed by atoms with Gasteiger partial charge in [0.05, 0.1) is 11.1 Å². The summed E-state index contributed by atoms with van der Waals surface area (Å²) in [5.74, 6) is -1.89. The van der Waals surface area contributed by atoms with Crippen LogP contribution in [-0.4, -0.2) is 34.6 Å². The lowest BCUT2D eigenvalue weighted by Crippen LogP contribution is -2.54. The first-order chi connectivity index (χ1) is 10.7. The van der Waals surface area contributed by atoms with Crippen LogP contribution in [0.3, 0.4) is 0 Å². The Bertz CT molecular complexity index is 745. The molecule has 1 fully saturated rings. The van der Waals surface area contributed by atoms with Gasteiger partial charge in [-0.05, 0) is 23.5 Å². The zero-order valence-electron chi connectivity index (χ0n) is 13.3. The number of amides is 4.